The first kappa shape index (κ1) is 13.8. The molecule has 5 nitrogen and oxygen atoms in total. The van der Waals surface area contributed by atoms with Gasteiger partial charge in [-0.3, -0.25) is 4.79 Å². The van der Waals surface area contributed by atoms with E-state index in [0.29, 0.717) is 11.7 Å². The number of likely N-dealkylation sites (tertiary alicyclic amines) is 1. The molecule has 2 aliphatic rings. The summed E-state index contributed by atoms with van der Waals surface area (Å²) in [5, 5.41) is 4.02. The zero-order valence-corrected chi connectivity index (χ0v) is 13.2. The van der Waals surface area contributed by atoms with Crippen molar-refractivity contribution in [2.24, 2.45) is 0 Å². The molecule has 2 atom stereocenters. The fourth-order valence-electron chi connectivity index (χ4n) is 3.32. The van der Waals surface area contributed by atoms with Crippen LogP contribution in [0.15, 0.2) is 33.7 Å². The monoisotopic (exact) mass is 315 g/mol. The summed E-state index contributed by atoms with van der Waals surface area (Å²) in [4.78, 5) is 20.5. The predicted octanol–water partition coefficient (Wildman–Crippen LogP) is 2.93. The molecule has 1 fully saturated rings. The van der Waals surface area contributed by atoms with Crippen molar-refractivity contribution in [3.8, 4) is 0 Å². The number of benzene rings is 1. The van der Waals surface area contributed by atoms with Crippen molar-refractivity contribution in [3.05, 3.63) is 41.5 Å². The first-order valence-corrected chi connectivity index (χ1v) is 8.55. The molecule has 1 amide bonds. The third-order valence-corrected chi connectivity index (χ3v) is 5.56. The van der Waals surface area contributed by atoms with E-state index in [1.165, 1.54) is 4.90 Å². The summed E-state index contributed by atoms with van der Waals surface area (Å²) in [7, 11) is 0. The Morgan fingerprint density at radius 3 is 3.09 bits per heavy atom. The third-order valence-electron chi connectivity index (χ3n) is 4.38. The molecule has 1 saturated heterocycles. The fourth-order valence-corrected chi connectivity index (χ4v) is 4.54. The molecule has 0 bridgehead atoms. The Bertz CT molecular complexity index is 715. The Labute approximate surface area is 133 Å². The second kappa shape index (κ2) is 5.43. The minimum Gasteiger partial charge on any atom is -0.340 e. The Kier molecular flexibility index (Phi) is 3.41. The maximum Gasteiger partial charge on any atom is 0.231 e. The van der Waals surface area contributed by atoms with Crippen LogP contribution in [0.25, 0.3) is 0 Å². The highest BCUT2D eigenvalue weighted by Gasteiger charge is 2.39. The maximum absolute atomic E-state index is 13.0. The number of carbonyl (C=O) groups excluding carboxylic acids is 1. The SMILES string of the molecule is Cc1nc(C2CCCN2C(=O)C2CSc3ccccc32)no1. The second-order valence-corrected chi connectivity index (χ2v) is 6.82. The fraction of sp³-hybridized carbons (Fsp3) is 0.438. The van der Waals surface area contributed by atoms with Crippen molar-refractivity contribution < 1.29 is 9.32 Å². The number of thioether (sulfide) groups is 1. The number of fused-ring (bicyclic) bond motifs is 1. The lowest BCUT2D eigenvalue weighted by molar-refractivity contribution is -0.133. The van der Waals surface area contributed by atoms with Gasteiger partial charge in [-0.05, 0) is 24.5 Å². The summed E-state index contributed by atoms with van der Waals surface area (Å²) in [6, 6.07) is 8.16. The number of carbonyl (C=O) groups is 1. The van der Waals surface area contributed by atoms with Crippen molar-refractivity contribution in [1.82, 2.24) is 15.0 Å². The number of rotatable bonds is 2. The Balaban J connectivity index is 1.60. The van der Waals surface area contributed by atoms with Gasteiger partial charge in [-0.15, -0.1) is 11.8 Å². The second-order valence-electron chi connectivity index (χ2n) is 5.76. The smallest absolute Gasteiger partial charge is 0.231 e. The van der Waals surface area contributed by atoms with Crippen molar-refractivity contribution in [2.45, 2.75) is 36.6 Å². The molecule has 1 aromatic carbocycles. The summed E-state index contributed by atoms with van der Waals surface area (Å²) in [5.41, 5.74) is 1.16. The van der Waals surface area contributed by atoms with Crippen LogP contribution < -0.4 is 0 Å². The van der Waals surface area contributed by atoms with Gasteiger partial charge in [0.05, 0.1) is 12.0 Å². The standard InChI is InChI=1S/C16H17N3O2S/c1-10-17-15(18-21-10)13-6-4-8-19(13)16(20)12-9-22-14-7-3-2-5-11(12)14/h2-3,5,7,12-13H,4,6,8-9H2,1H3. The van der Waals surface area contributed by atoms with E-state index in [1.54, 1.807) is 18.7 Å². The lowest BCUT2D eigenvalue weighted by Crippen LogP contribution is -2.35. The summed E-state index contributed by atoms with van der Waals surface area (Å²) >= 11 is 1.77. The van der Waals surface area contributed by atoms with E-state index in [-0.39, 0.29) is 17.9 Å². The lowest BCUT2D eigenvalue weighted by Gasteiger charge is -2.25. The largest absolute Gasteiger partial charge is 0.340 e. The van der Waals surface area contributed by atoms with Crippen LogP contribution in [0.2, 0.25) is 0 Å². The highest BCUT2D eigenvalue weighted by Crippen LogP contribution is 2.42. The van der Waals surface area contributed by atoms with Crippen LogP contribution in [0.1, 0.15) is 42.1 Å². The average molecular weight is 315 g/mol. The van der Waals surface area contributed by atoms with Crippen molar-refractivity contribution >= 4 is 17.7 Å². The van der Waals surface area contributed by atoms with Crippen LogP contribution in [-0.4, -0.2) is 33.2 Å². The van der Waals surface area contributed by atoms with Crippen molar-refractivity contribution in [1.29, 1.82) is 0 Å². The molecule has 6 heteroatoms. The highest BCUT2D eigenvalue weighted by atomic mass is 32.2. The molecule has 4 rings (SSSR count). The number of hydrogen-bond donors (Lipinski definition) is 0. The first-order valence-electron chi connectivity index (χ1n) is 7.56. The van der Waals surface area contributed by atoms with E-state index < -0.39 is 0 Å². The Hall–Kier alpha value is -1.82. The molecule has 2 aromatic rings. The Morgan fingerprint density at radius 1 is 1.41 bits per heavy atom. The summed E-state index contributed by atoms with van der Waals surface area (Å²) < 4.78 is 5.08. The van der Waals surface area contributed by atoms with Crippen molar-refractivity contribution in [3.63, 3.8) is 0 Å². The third kappa shape index (κ3) is 2.22. The summed E-state index contributed by atoms with van der Waals surface area (Å²) in [5.74, 6) is 2.17. The van der Waals surface area contributed by atoms with Crippen LogP contribution in [0, 0.1) is 6.92 Å². The quantitative estimate of drug-likeness (QED) is 0.853. The minimum absolute atomic E-state index is 0.0392. The van der Waals surface area contributed by atoms with Gasteiger partial charge in [0.25, 0.3) is 0 Å². The molecule has 114 valence electrons. The zero-order valence-electron chi connectivity index (χ0n) is 12.4. The normalized spacial score (nSPS) is 23.8. The molecule has 2 aliphatic heterocycles. The summed E-state index contributed by atoms with van der Waals surface area (Å²) in [6.07, 6.45) is 1.90. The topological polar surface area (TPSA) is 59.2 Å². The van der Waals surface area contributed by atoms with Gasteiger partial charge in [-0.1, -0.05) is 23.4 Å². The number of aromatic nitrogens is 2. The molecule has 22 heavy (non-hydrogen) atoms. The van der Waals surface area contributed by atoms with E-state index in [2.05, 4.69) is 22.3 Å². The molecular formula is C16H17N3O2S. The molecular weight excluding hydrogens is 298 g/mol. The minimum atomic E-state index is -0.0465. The van der Waals surface area contributed by atoms with Gasteiger partial charge in [0, 0.05) is 24.1 Å². The number of amides is 1. The average Bonchev–Trinajstić information content (AvgIpc) is 3.25. The van der Waals surface area contributed by atoms with E-state index in [9.17, 15) is 4.79 Å². The maximum atomic E-state index is 13.0. The molecule has 3 heterocycles. The van der Waals surface area contributed by atoms with Crippen molar-refractivity contribution in [2.75, 3.05) is 12.3 Å². The molecule has 0 spiro atoms. The van der Waals surface area contributed by atoms with Gasteiger partial charge in [0.15, 0.2) is 5.82 Å². The van der Waals surface area contributed by atoms with Gasteiger partial charge in [0.2, 0.25) is 11.8 Å². The Morgan fingerprint density at radius 2 is 2.27 bits per heavy atom. The van der Waals surface area contributed by atoms with Crippen LogP contribution in [0.3, 0.4) is 0 Å². The zero-order chi connectivity index (χ0) is 15.1. The van der Waals surface area contributed by atoms with Gasteiger partial charge in [0.1, 0.15) is 0 Å². The summed E-state index contributed by atoms with van der Waals surface area (Å²) in [6.45, 7) is 2.56. The van der Waals surface area contributed by atoms with Gasteiger partial charge in [-0.2, -0.15) is 4.98 Å². The molecule has 2 unspecified atom stereocenters. The van der Waals surface area contributed by atoms with Crippen LogP contribution in [0.4, 0.5) is 0 Å². The first-order chi connectivity index (χ1) is 10.7. The molecule has 0 radical (unpaired) electrons. The van der Waals surface area contributed by atoms with E-state index in [1.807, 2.05) is 17.0 Å². The number of nitrogens with zero attached hydrogens (tertiary/aromatic N) is 3. The van der Waals surface area contributed by atoms with E-state index in [0.717, 1.165) is 30.7 Å². The number of hydrogen-bond acceptors (Lipinski definition) is 5. The highest BCUT2D eigenvalue weighted by molar-refractivity contribution is 7.99. The van der Waals surface area contributed by atoms with E-state index in [4.69, 9.17) is 4.52 Å². The van der Waals surface area contributed by atoms with Crippen LogP contribution in [-0.2, 0) is 4.79 Å². The predicted molar refractivity (Wildman–Crippen MR) is 82.6 cm³/mol. The molecule has 0 aliphatic carbocycles. The van der Waals surface area contributed by atoms with E-state index >= 15 is 0 Å². The molecule has 0 N–H and O–H groups in total. The van der Waals surface area contributed by atoms with Gasteiger partial charge >= 0.3 is 0 Å². The number of aryl methyl sites for hydroxylation is 1. The van der Waals surface area contributed by atoms with Gasteiger partial charge < -0.3 is 9.42 Å². The van der Waals surface area contributed by atoms with Crippen LogP contribution >= 0.6 is 11.8 Å². The van der Waals surface area contributed by atoms with Gasteiger partial charge in [-0.25, -0.2) is 0 Å². The van der Waals surface area contributed by atoms with Crippen LogP contribution in [0.5, 0.6) is 0 Å². The molecule has 0 saturated carbocycles. The lowest BCUT2D eigenvalue weighted by atomic mass is 9.99. The molecule has 1 aromatic heterocycles.